The number of hydrogen-bond donors (Lipinski definition) is 2. The molecule has 0 aromatic rings. The van der Waals surface area contributed by atoms with Gasteiger partial charge in [0.25, 0.3) is 0 Å². The summed E-state index contributed by atoms with van der Waals surface area (Å²) in [4.78, 5) is 109. The van der Waals surface area contributed by atoms with E-state index in [0.717, 1.165) is 12.2 Å². The van der Waals surface area contributed by atoms with Gasteiger partial charge in [0.15, 0.2) is 11.6 Å². The van der Waals surface area contributed by atoms with Crippen molar-refractivity contribution in [1.29, 1.82) is 0 Å². The summed E-state index contributed by atoms with van der Waals surface area (Å²) in [6, 6.07) is -1.06. The molecule has 0 bridgehead atoms. The molecule has 2 unspecified atom stereocenters. The predicted molar refractivity (Wildman–Crippen MR) is 199 cm³/mol. The van der Waals surface area contributed by atoms with E-state index in [1.807, 2.05) is 0 Å². The maximum Gasteiger partial charge on any atom is 0.305 e. The Hall–Kier alpha value is -3.40. The lowest BCUT2D eigenvalue weighted by Crippen LogP contribution is -2.42. The second-order valence-electron chi connectivity index (χ2n) is 10.9. The van der Waals surface area contributed by atoms with E-state index >= 15 is 0 Å². The number of carbonyl (C=O) groups excluding carboxylic acids is 10. The van der Waals surface area contributed by atoms with Gasteiger partial charge < -0.3 is 20.1 Å². The zero-order valence-corrected chi connectivity index (χ0v) is 33.7. The van der Waals surface area contributed by atoms with E-state index in [-0.39, 0.29) is 90.6 Å². The molecule has 14 nitrogen and oxygen atoms in total. The predicted octanol–water partition coefficient (Wildman–Crippen LogP) is 4.51. The number of rotatable bonds is 23. The van der Waals surface area contributed by atoms with Crippen LogP contribution in [0.15, 0.2) is 0 Å². The highest BCUT2D eigenvalue weighted by molar-refractivity contribution is 8.76. The second-order valence-corrected chi connectivity index (χ2v) is 13.6. The van der Waals surface area contributed by atoms with Gasteiger partial charge in [-0.2, -0.15) is 0 Å². The van der Waals surface area contributed by atoms with Gasteiger partial charge in [0.2, 0.25) is 11.8 Å². The van der Waals surface area contributed by atoms with Crippen LogP contribution in [0, 0.1) is 0 Å². The molecule has 0 rings (SSSR count). The molecule has 0 fully saturated rings. The van der Waals surface area contributed by atoms with Crippen LogP contribution in [-0.2, 0) is 57.4 Å². The number of esters is 2. The molecule has 2 N–H and O–H groups in total. The zero-order valence-electron chi connectivity index (χ0n) is 32.1. The largest absolute Gasteiger partial charge is 0.466 e. The minimum atomic E-state index is -0.550. The maximum atomic E-state index is 11.7. The van der Waals surface area contributed by atoms with Gasteiger partial charge in [-0.25, -0.2) is 0 Å². The molecule has 294 valence electrons. The first-order valence-corrected chi connectivity index (χ1v) is 19.4. The molecule has 0 heterocycles. The first-order chi connectivity index (χ1) is 23.8. The van der Waals surface area contributed by atoms with Crippen LogP contribution in [0.1, 0.15) is 127 Å². The molecule has 51 heavy (non-hydrogen) atoms. The van der Waals surface area contributed by atoms with Crippen molar-refractivity contribution in [3.05, 3.63) is 0 Å². The first kappa shape index (κ1) is 54.4. The summed E-state index contributed by atoms with van der Waals surface area (Å²) in [6.07, 6.45) is 2.83. The third-order valence-corrected chi connectivity index (χ3v) is 8.19. The topological polar surface area (TPSA) is 213 Å². The molecular formula is C35H60N2O12S2. The van der Waals surface area contributed by atoms with Crippen LogP contribution in [0.3, 0.4) is 0 Å². The molecule has 0 aliphatic rings. The van der Waals surface area contributed by atoms with Gasteiger partial charge in [-0.15, -0.1) is 0 Å². The number of carbonyl (C=O) groups is 10. The minimum Gasteiger partial charge on any atom is -0.466 e. The van der Waals surface area contributed by atoms with Gasteiger partial charge in [-0.1, -0.05) is 42.4 Å². The van der Waals surface area contributed by atoms with Crippen molar-refractivity contribution < 1.29 is 57.4 Å². The van der Waals surface area contributed by atoms with Gasteiger partial charge in [0, 0.05) is 44.6 Å². The summed E-state index contributed by atoms with van der Waals surface area (Å²) in [6.45, 7) is 16.9. The highest BCUT2D eigenvalue weighted by Gasteiger charge is 2.21. The average Bonchev–Trinajstić information content (AvgIpc) is 3.01. The molecule has 0 aliphatic heterocycles. The Bertz CT molecular complexity index is 1110. The number of ether oxygens (including phenoxy) is 2. The summed E-state index contributed by atoms with van der Waals surface area (Å²) in [5.74, 6) is -0.391. The van der Waals surface area contributed by atoms with E-state index < -0.39 is 12.1 Å². The van der Waals surface area contributed by atoms with E-state index in [9.17, 15) is 47.9 Å². The Labute approximate surface area is 311 Å². The molecule has 0 aromatic carbocycles. The van der Waals surface area contributed by atoms with Gasteiger partial charge in [0.05, 0.1) is 44.6 Å². The minimum absolute atomic E-state index is 0.0250. The van der Waals surface area contributed by atoms with E-state index in [1.165, 1.54) is 34.6 Å². The van der Waals surface area contributed by atoms with E-state index in [1.54, 1.807) is 49.3 Å². The molecule has 2 amide bonds. The Morgan fingerprint density at radius 3 is 1.39 bits per heavy atom. The van der Waals surface area contributed by atoms with Crippen LogP contribution >= 0.6 is 21.6 Å². The van der Waals surface area contributed by atoms with Crippen molar-refractivity contribution in [3.63, 3.8) is 0 Å². The lowest BCUT2D eigenvalue weighted by Gasteiger charge is -2.15. The molecule has 0 aliphatic carbocycles. The molecular weight excluding hydrogens is 705 g/mol. The first-order valence-electron chi connectivity index (χ1n) is 17.0. The van der Waals surface area contributed by atoms with E-state index in [4.69, 9.17) is 0 Å². The molecule has 0 radical (unpaired) electrons. The fourth-order valence-corrected chi connectivity index (χ4v) is 5.74. The van der Waals surface area contributed by atoms with Crippen molar-refractivity contribution in [2.75, 3.05) is 24.7 Å². The monoisotopic (exact) mass is 764 g/mol. The summed E-state index contributed by atoms with van der Waals surface area (Å²) < 4.78 is 9.24. The summed E-state index contributed by atoms with van der Waals surface area (Å²) >= 11 is 0. The van der Waals surface area contributed by atoms with Gasteiger partial charge in [-0.3, -0.25) is 47.9 Å². The van der Waals surface area contributed by atoms with Crippen LogP contribution in [0.4, 0.5) is 0 Å². The third-order valence-electron chi connectivity index (χ3n) is 5.57. The third kappa shape index (κ3) is 42.7. The van der Waals surface area contributed by atoms with Crippen molar-refractivity contribution in [2.45, 2.75) is 139 Å². The number of amides is 2. The smallest absolute Gasteiger partial charge is 0.305 e. The number of Topliss-reactive ketones (excluding diaryl/α,β-unsaturated/α-hetero) is 6. The van der Waals surface area contributed by atoms with Crippen molar-refractivity contribution >= 4 is 80.0 Å². The zero-order chi connectivity index (χ0) is 40.4. The Balaban J connectivity index is -0.000000299. The van der Waals surface area contributed by atoms with Crippen LogP contribution in [0.2, 0.25) is 0 Å². The molecule has 0 aromatic heterocycles. The maximum absolute atomic E-state index is 11.7. The summed E-state index contributed by atoms with van der Waals surface area (Å²) in [7, 11) is 3.23. The quantitative estimate of drug-likeness (QED) is 0.0635. The van der Waals surface area contributed by atoms with Gasteiger partial charge >= 0.3 is 11.9 Å². The average molecular weight is 765 g/mol. The SMILES string of the molecule is CCC(NC(C)=O)C(=O)CC(C)=O.CCCSSCC(NC(C)=O)C(=O)CC(C)=O.CCOC(=O)CC.CCOC(=O)CCCC(=O)CC(C)=O. The highest BCUT2D eigenvalue weighted by Crippen LogP contribution is 2.23. The van der Waals surface area contributed by atoms with E-state index in [0.29, 0.717) is 38.2 Å². The van der Waals surface area contributed by atoms with E-state index in [2.05, 4.69) is 27.0 Å². The Morgan fingerprint density at radius 1 is 0.569 bits per heavy atom. The lowest BCUT2D eigenvalue weighted by molar-refractivity contribution is -0.144. The van der Waals surface area contributed by atoms with Gasteiger partial charge in [0.1, 0.15) is 23.1 Å². The Kier molecular flexibility index (Phi) is 38.8. The fourth-order valence-electron chi connectivity index (χ4n) is 3.40. The standard InChI is InChI=1S/C11H19NO3S2.C10H16O4.C9H15NO3.C5H10O2/c1-4-5-16-17-7-10(12-9(3)14)11(15)6-8(2)13;1-3-14-10(13)6-4-5-9(12)7-8(2)11;1-4-8(10-7(3)12)9(13)5-6(2)11;1-3-5(6)7-4-2/h10H,4-7H2,1-3H3,(H,12,14);3-7H2,1-2H3;8H,4-5H2,1-3H3,(H,10,12);3-4H2,1-2H3. The summed E-state index contributed by atoms with van der Waals surface area (Å²) in [5, 5.41) is 5.08. The van der Waals surface area contributed by atoms with Crippen LogP contribution < -0.4 is 10.6 Å². The number of nitrogens with one attached hydrogen (secondary N) is 2. The normalized spacial score (nSPS) is 10.8. The van der Waals surface area contributed by atoms with Crippen molar-refractivity contribution in [1.82, 2.24) is 10.6 Å². The Morgan fingerprint density at radius 2 is 1.02 bits per heavy atom. The summed E-state index contributed by atoms with van der Waals surface area (Å²) in [5.41, 5.74) is 0. The van der Waals surface area contributed by atoms with Crippen molar-refractivity contribution in [3.8, 4) is 0 Å². The number of ketones is 6. The molecule has 0 saturated heterocycles. The molecule has 0 spiro atoms. The fraction of sp³-hybridized carbons (Fsp3) is 0.714. The van der Waals surface area contributed by atoms with Crippen LogP contribution in [0.5, 0.6) is 0 Å². The second kappa shape index (κ2) is 36.4. The van der Waals surface area contributed by atoms with Crippen LogP contribution in [0.25, 0.3) is 0 Å². The number of hydrogen-bond acceptors (Lipinski definition) is 14. The molecule has 16 heteroatoms. The molecule has 2 atom stereocenters. The van der Waals surface area contributed by atoms with Gasteiger partial charge in [-0.05, 0) is 53.9 Å². The highest BCUT2D eigenvalue weighted by atomic mass is 33.1. The lowest BCUT2D eigenvalue weighted by atomic mass is 10.1. The molecule has 0 saturated carbocycles. The van der Waals surface area contributed by atoms with Crippen LogP contribution in [-0.4, -0.2) is 95.3 Å². The van der Waals surface area contributed by atoms with Crippen molar-refractivity contribution in [2.24, 2.45) is 0 Å².